The molecule has 3 aromatic rings. The number of aryl methyl sites for hydroxylation is 2. The van der Waals surface area contributed by atoms with Crippen LogP contribution in [-0.2, 0) is 30.5 Å². The average Bonchev–Trinajstić information content (AvgIpc) is 2.97. The third kappa shape index (κ3) is 3.74. The number of nitrogens with zero attached hydrogens (tertiary/aromatic N) is 2. The Bertz CT molecular complexity index is 1750. The maximum Gasteiger partial charge on any atom is 0.290 e. The molecule has 0 aromatic heterocycles. The van der Waals surface area contributed by atoms with Crippen LogP contribution in [0.5, 0.6) is 11.5 Å². The van der Waals surface area contributed by atoms with Crippen LogP contribution in [0, 0.1) is 0 Å². The van der Waals surface area contributed by atoms with Crippen LogP contribution in [0.3, 0.4) is 0 Å². The molecule has 8 rings (SSSR count). The molecule has 0 saturated heterocycles. The molecule has 0 aliphatic carbocycles. The van der Waals surface area contributed by atoms with Crippen LogP contribution < -0.4 is 29.9 Å². The molecule has 7 nitrogen and oxygen atoms in total. The minimum Gasteiger partial charge on any atom is -0.545 e. The van der Waals surface area contributed by atoms with E-state index in [9.17, 15) is 9.90 Å². The zero-order chi connectivity index (χ0) is 28.2. The molecule has 204 valence electrons. The lowest BCUT2D eigenvalue weighted by Crippen LogP contribution is -2.45. The molecule has 0 atom stereocenters. The Hall–Kier alpha value is -4.13. The third-order valence-electron chi connectivity index (χ3n) is 9.10. The van der Waals surface area contributed by atoms with Gasteiger partial charge in [-0.05, 0) is 61.8 Å². The summed E-state index contributed by atoms with van der Waals surface area (Å²) in [6, 6.07) is 12.0. The Morgan fingerprint density at radius 2 is 1.65 bits per heavy atom. The largest absolute Gasteiger partial charge is 0.545 e. The second kappa shape index (κ2) is 9.81. The number of hydrogen-bond acceptors (Lipinski definition) is 5. The predicted molar refractivity (Wildman–Crippen MR) is 150 cm³/mol. The summed E-state index contributed by atoms with van der Waals surface area (Å²) in [5, 5.41) is 21.8. The number of anilines is 1. The first kappa shape index (κ1) is 23.7. The highest BCUT2D eigenvalue weighted by atomic mass is 16.5. The fraction of sp³-hybridized carbons (Fsp3) is 0.364. The van der Waals surface area contributed by atoms with Gasteiger partial charge < -0.3 is 24.6 Å². The average molecular weight is 538 g/mol. The van der Waals surface area contributed by atoms with Gasteiger partial charge in [-0.25, -0.2) is 4.58 Å². The van der Waals surface area contributed by atoms with Gasteiger partial charge >= 0.3 is 0 Å². The van der Waals surface area contributed by atoms with Crippen molar-refractivity contribution < 1.29 is 25.9 Å². The fourth-order valence-corrected chi connectivity index (χ4v) is 7.68. The van der Waals surface area contributed by atoms with Crippen LogP contribution in [0.25, 0.3) is 5.57 Å². The van der Waals surface area contributed by atoms with E-state index >= 15 is 0 Å². The zero-order valence-electron chi connectivity index (χ0n) is 23.4. The molecular weight excluding hydrogens is 504 g/mol. The van der Waals surface area contributed by atoms with E-state index in [0.29, 0.717) is 0 Å². The Morgan fingerprint density at radius 3 is 2.45 bits per heavy atom. The summed E-state index contributed by atoms with van der Waals surface area (Å²) < 4.78 is 15.1. The highest BCUT2D eigenvalue weighted by Crippen LogP contribution is 2.48. The number of ether oxygens (including phenoxy) is 1. The van der Waals surface area contributed by atoms with E-state index < -0.39 is 12.4 Å². The van der Waals surface area contributed by atoms with Gasteiger partial charge in [-0.3, -0.25) is 4.79 Å². The Kier molecular flexibility index (Phi) is 5.82. The summed E-state index contributed by atoms with van der Waals surface area (Å²) in [6.07, 6.45) is 7.07. The van der Waals surface area contributed by atoms with Crippen LogP contribution in [0.4, 0.5) is 5.69 Å². The number of fused-ring (bicyclic) bond motifs is 4. The molecule has 0 fully saturated rings. The lowest BCUT2D eigenvalue weighted by atomic mass is 9.82. The molecular formula is C33H32N2O5. The molecule has 40 heavy (non-hydrogen) atoms. The number of rotatable bonds is 2. The summed E-state index contributed by atoms with van der Waals surface area (Å²) in [4.78, 5) is 23.5. The Balaban J connectivity index is 0.000000651. The summed E-state index contributed by atoms with van der Waals surface area (Å²) in [5.41, 5.74) is 9.78. The van der Waals surface area contributed by atoms with Gasteiger partial charge in [0.05, 0.1) is 11.5 Å². The zero-order valence-corrected chi connectivity index (χ0v) is 22.4. The van der Waals surface area contributed by atoms with Crippen molar-refractivity contribution in [3.8, 4) is 11.5 Å². The van der Waals surface area contributed by atoms with Crippen molar-refractivity contribution >= 4 is 23.7 Å². The quantitative estimate of drug-likeness (QED) is 0.311. The number of aromatic carboxylic acids is 1. The summed E-state index contributed by atoms with van der Waals surface area (Å²) in [5.74, 6) is 0.768. The minimum atomic E-state index is -1.58. The molecule has 5 aliphatic rings. The van der Waals surface area contributed by atoms with Gasteiger partial charge in [0.1, 0.15) is 24.6 Å². The topological polar surface area (TPSA) is 92.9 Å². The van der Waals surface area contributed by atoms with E-state index in [-0.39, 0.29) is 5.56 Å². The molecule has 3 aromatic carbocycles. The summed E-state index contributed by atoms with van der Waals surface area (Å²) >= 11 is 0. The molecule has 0 saturated carbocycles. The monoisotopic (exact) mass is 537 g/mol. The van der Waals surface area contributed by atoms with Crippen molar-refractivity contribution in [2.75, 3.05) is 31.1 Å². The lowest BCUT2D eigenvalue weighted by Gasteiger charge is -2.39. The van der Waals surface area contributed by atoms with E-state index in [2.05, 4.69) is 21.6 Å². The molecule has 0 bridgehead atoms. The maximum atomic E-state index is 12.3. The van der Waals surface area contributed by atoms with Crippen molar-refractivity contribution in [2.45, 2.75) is 51.4 Å². The van der Waals surface area contributed by atoms with Gasteiger partial charge in [0.2, 0.25) is 5.36 Å². The van der Waals surface area contributed by atoms with E-state index in [1.54, 1.807) is 12.1 Å². The van der Waals surface area contributed by atoms with Crippen LogP contribution >= 0.6 is 0 Å². The first-order valence-corrected chi connectivity index (χ1v) is 14.4. The van der Waals surface area contributed by atoms with Gasteiger partial charge in [-0.1, -0.05) is 24.3 Å². The van der Waals surface area contributed by atoms with Crippen molar-refractivity contribution in [1.29, 1.82) is 0 Å². The van der Waals surface area contributed by atoms with E-state index in [1.807, 2.05) is 12.1 Å². The molecule has 0 spiro atoms. The van der Waals surface area contributed by atoms with E-state index in [4.69, 9.17) is 16.0 Å². The maximum absolute atomic E-state index is 12.3. The first-order valence-electron chi connectivity index (χ1n) is 14.9. The smallest absolute Gasteiger partial charge is 0.290 e. The number of carbonyl (C=O) groups excluding carboxylic acids is 1. The highest BCUT2D eigenvalue weighted by molar-refractivity contribution is 5.98. The van der Waals surface area contributed by atoms with Crippen LogP contribution in [-0.4, -0.2) is 43.7 Å². The number of carbonyl (C=O) groups is 2. The molecule has 0 radical (unpaired) electrons. The van der Waals surface area contributed by atoms with Gasteiger partial charge in [-0.15, -0.1) is 0 Å². The molecule has 5 heterocycles. The highest BCUT2D eigenvalue weighted by Gasteiger charge is 2.35. The van der Waals surface area contributed by atoms with E-state index in [1.165, 1.54) is 33.3 Å². The normalized spacial score (nSPS) is 18.1. The standard InChI is InChI=1S/C32H30N2O3.CH2O2/c35-32(36)22-10-2-1-9-21(22)27-25-17-19-7-3-13-33-15-5-11-23(28(19)33)30(25)37-31-24-12-6-16-34-14-4-8-20(29(24)34)18-26(27)31;2-1-3/h1-2,9-10,17-18H,3-8,11-16H2;1H,(H,2,3)/i;1D. The Labute approximate surface area is 234 Å². The predicted octanol–water partition coefficient (Wildman–Crippen LogP) is 2.19. The number of hydrogen-bond donors (Lipinski definition) is 1. The van der Waals surface area contributed by atoms with Crippen molar-refractivity contribution in [2.24, 2.45) is 0 Å². The fourth-order valence-electron chi connectivity index (χ4n) is 7.68. The second-order valence-corrected chi connectivity index (χ2v) is 11.3. The molecule has 1 N–H and O–H groups in total. The number of benzene rings is 3. The number of carboxylic acid groups (broad SMARTS) is 2. The second-order valence-electron chi connectivity index (χ2n) is 11.3. The molecule has 0 amide bonds. The SMILES string of the molecule is O=C([O-])c1ccccc1C1=c2cc3c4c(c2Oc2c1cc1c5c2CCCN5CCC1)CCC[N+]=4CCC3.[2H]C(=O)O. The first-order chi connectivity index (χ1) is 19.9. The van der Waals surface area contributed by atoms with Crippen molar-refractivity contribution in [3.05, 3.63) is 85.9 Å². The van der Waals surface area contributed by atoms with Gasteiger partial charge in [0, 0.05) is 64.7 Å². The lowest BCUT2D eigenvalue weighted by molar-refractivity contribution is -0.255. The van der Waals surface area contributed by atoms with Gasteiger partial charge in [-0.2, -0.15) is 0 Å². The summed E-state index contributed by atoms with van der Waals surface area (Å²) in [6.45, 7) is 4.42. The molecule has 0 unspecified atom stereocenters. The summed E-state index contributed by atoms with van der Waals surface area (Å²) in [7, 11) is 0. The van der Waals surface area contributed by atoms with E-state index in [0.717, 1.165) is 111 Å². The number of carboxylic acids is 1. The molecule has 5 aliphatic heterocycles. The Morgan fingerprint density at radius 1 is 0.950 bits per heavy atom. The van der Waals surface area contributed by atoms with Crippen LogP contribution in [0.15, 0.2) is 36.4 Å². The van der Waals surface area contributed by atoms with Crippen LogP contribution in [0.1, 0.15) is 70.8 Å². The van der Waals surface area contributed by atoms with Crippen molar-refractivity contribution in [3.63, 3.8) is 0 Å². The van der Waals surface area contributed by atoms with Crippen LogP contribution in [0.2, 0.25) is 0 Å². The third-order valence-corrected chi connectivity index (χ3v) is 9.10. The van der Waals surface area contributed by atoms with Crippen molar-refractivity contribution in [1.82, 2.24) is 4.58 Å². The van der Waals surface area contributed by atoms with Gasteiger partial charge in [0.15, 0.2) is 1.37 Å². The molecule has 7 heteroatoms. The minimum absolute atomic E-state index is 0.247. The van der Waals surface area contributed by atoms with Gasteiger partial charge in [0.25, 0.3) is 6.45 Å².